The van der Waals surface area contributed by atoms with Gasteiger partial charge < -0.3 is 10.6 Å². The first-order valence-corrected chi connectivity index (χ1v) is 10.3. The monoisotopic (exact) mass is 377 g/mol. The summed E-state index contributed by atoms with van der Waals surface area (Å²) in [4.78, 5) is 13.1. The van der Waals surface area contributed by atoms with Gasteiger partial charge in [0.1, 0.15) is 5.54 Å². The number of sulfonamides is 1. The third-order valence-corrected chi connectivity index (χ3v) is 5.18. The molecule has 26 heavy (non-hydrogen) atoms. The van der Waals surface area contributed by atoms with Crippen LogP contribution in [0.1, 0.15) is 18.4 Å². The molecule has 0 unspecified atom stereocenters. The number of aromatic nitrogens is 2. The van der Waals surface area contributed by atoms with E-state index in [4.69, 9.17) is 0 Å². The number of carbonyl (C=O) groups excluding carboxylic acids is 1. The van der Waals surface area contributed by atoms with Gasteiger partial charge in [0.15, 0.2) is 0 Å². The zero-order chi connectivity index (χ0) is 18.8. The van der Waals surface area contributed by atoms with Crippen LogP contribution in [0.3, 0.4) is 0 Å². The van der Waals surface area contributed by atoms with E-state index in [1.54, 1.807) is 48.3 Å². The van der Waals surface area contributed by atoms with E-state index in [1.165, 1.54) is 0 Å². The number of benzene rings is 1. The van der Waals surface area contributed by atoms with Gasteiger partial charge in [-0.3, -0.25) is 14.2 Å². The number of hydrogen-bond acceptors (Lipinski definition) is 5. The Bertz CT molecular complexity index is 887. The molecule has 0 saturated carbocycles. The molecule has 1 fully saturated rings. The van der Waals surface area contributed by atoms with Crippen molar-refractivity contribution >= 4 is 27.3 Å². The molecule has 1 aliphatic heterocycles. The lowest BCUT2D eigenvalue weighted by Crippen LogP contribution is -2.52. The summed E-state index contributed by atoms with van der Waals surface area (Å²) >= 11 is 0. The number of carbonyl (C=O) groups is 1. The average molecular weight is 377 g/mol. The lowest BCUT2D eigenvalue weighted by atomic mass is 9.87. The van der Waals surface area contributed by atoms with Gasteiger partial charge in [-0.25, -0.2) is 8.42 Å². The van der Waals surface area contributed by atoms with Gasteiger partial charge in [0.05, 0.1) is 11.9 Å². The number of rotatable bonds is 5. The molecular formula is C17H23N5O3S. The van der Waals surface area contributed by atoms with E-state index in [1.807, 2.05) is 0 Å². The van der Waals surface area contributed by atoms with Gasteiger partial charge in [0, 0.05) is 18.1 Å². The number of anilines is 2. The van der Waals surface area contributed by atoms with Crippen molar-refractivity contribution in [1.29, 1.82) is 0 Å². The van der Waals surface area contributed by atoms with Crippen molar-refractivity contribution in [2.24, 2.45) is 0 Å². The van der Waals surface area contributed by atoms with Crippen LogP contribution in [0.5, 0.6) is 0 Å². The topological polar surface area (TPSA) is 105 Å². The first kappa shape index (κ1) is 18.4. The zero-order valence-electron chi connectivity index (χ0n) is 14.8. The third-order valence-electron chi connectivity index (χ3n) is 4.59. The highest BCUT2D eigenvalue weighted by Gasteiger charge is 2.42. The minimum atomic E-state index is -3.40. The smallest absolute Gasteiger partial charge is 0.252 e. The van der Waals surface area contributed by atoms with Crippen molar-refractivity contribution in [2.75, 3.05) is 29.4 Å². The molecule has 0 atom stereocenters. The number of piperidine rings is 1. The van der Waals surface area contributed by atoms with E-state index in [2.05, 4.69) is 20.5 Å². The van der Waals surface area contributed by atoms with E-state index < -0.39 is 15.6 Å². The summed E-state index contributed by atoms with van der Waals surface area (Å²) in [5.74, 6) is -0.156. The molecule has 0 radical (unpaired) electrons. The third kappa shape index (κ3) is 3.88. The molecular weight excluding hydrogens is 354 g/mol. The Labute approximate surface area is 153 Å². The molecule has 1 aromatic heterocycles. The predicted octanol–water partition coefficient (Wildman–Crippen LogP) is 1.28. The number of hydrogen-bond donors (Lipinski definition) is 3. The van der Waals surface area contributed by atoms with Crippen molar-refractivity contribution in [3.63, 3.8) is 0 Å². The average Bonchev–Trinajstić information content (AvgIpc) is 3.12. The van der Waals surface area contributed by atoms with Gasteiger partial charge in [0.2, 0.25) is 10.0 Å². The summed E-state index contributed by atoms with van der Waals surface area (Å²) in [5, 5.41) is 10.5. The quantitative estimate of drug-likeness (QED) is 0.728. The Balaban J connectivity index is 1.87. The van der Waals surface area contributed by atoms with Crippen LogP contribution < -0.4 is 15.4 Å². The highest BCUT2D eigenvalue weighted by atomic mass is 32.2. The molecule has 0 spiro atoms. The Morgan fingerprint density at radius 3 is 2.65 bits per heavy atom. The molecule has 8 nitrogen and oxygen atoms in total. The van der Waals surface area contributed by atoms with Crippen LogP contribution >= 0.6 is 0 Å². The summed E-state index contributed by atoms with van der Waals surface area (Å²) in [6.45, 7) is 3.25. The van der Waals surface area contributed by atoms with E-state index in [9.17, 15) is 13.2 Å². The van der Waals surface area contributed by atoms with Crippen LogP contribution in [0.15, 0.2) is 36.7 Å². The highest BCUT2D eigenvalue weighted by molar-refractivity contribution is 7.92. The molecule has 2 heterocycles. The second kappa shape index (κ2) is 7.08. The fourth-order valence-corrected chi connectivity index (χ4v) is 3.80. The maximum absolute atomic E-state index is 13.1. The number of nitrogens with one attached hydrogen (secondary N) is 3. The molecule has 140 valence electrons. The standard InChI is InChI=1S/C17H23N5O3S/c1-13-4-5-14(12-15(13)21-26(2,24)25)20-16(23)17(6-9-18-10-7-17)22-11-3-8-19-22/h3-5,8,11-12,18,21H,6-7,9-10H2,1-2H3,(H,20,23). The maximum Gasteiger partial charge on any atom is 0.252 e. The molecule has 0 aliphatic carbocycles. The molecule has 3 rings (SSSR count). The number of nitrogens with zero attached hydrogens (tertiary/aromatic N) is 2. The van der Waals surface area contributed by atoms with E-state index in [-0.39, 0.29) is 5.91 Å². The first-order chi connectivity index (χ1) is 12.3. The lowest BCUT2D eigenvalue weighted by Gasteiger charge is -2.36. The van der Waals surface area contributed by atoms with E-state index >= 15 is 0 Å². The van der Waals surface area contributed by atoms with Gasteiger partial charge in [-0.05, 0) is 56.6 Å². The van der Waals surface area contributed by atoms with Crippen LogP contribution in [-0.4, -0.2) is 43.5 Å². The largest absolute Gasteiger partial charge is 0.324 e. The molecule has 0 bridgehead atoms. The Kier molecular flexibility index (Phi) is 5.01. The fraction of sp³-hybridized carbons (Fsp3) is 0.412. The summed E-state index contributed by atoms with van der Waals surface area (Å²) in [6.07, 6.45) is 5.81. The maximum atomic E-state index is 13.1. The Morgan fingerprint density at radius 2 is 2.04 bits per heavy atom. The summed E-state index contributed by atoms with van der Waals surface area (Å²) in [7, 11) is -3.40. The zero-order valence-corrected chi connectivity index (χ0v) is 15.6. The normalized spacial score (nSPS) is 16.8. The Morgan fingerprint density at radius 1 is 1.31 bits per heavy atom. The summed E-state index contributed by atoms with van der Waals surface area (Å²) < 4.78 is 27.2. The van der Waals surface area contributed by atoms with Crippen molar-refractivity contribution in [1.82, 2.24) is 15.1 Å². The molecule has 1 aliphatic rings. The van der Waals surface area contributed by atoms with Crippen molar-refractivity contribution in [2.45, 2.75) is 25.3 Å². The van der Waals surface area contributed by atoms with Crippen LogP contribution in [0.4, 0.5) is 11.4 Å². The predicted molar refractivity (Wildman–Crippen MR) is 101 cm³/mol. The van der Waals surface area contributed by atoms with Crippen molar-refractivity contribution in [3.8, 4) is 0 Å². The summed E-state index contributed by atoms with van der Waals surface area (Å²) in [6, 6.07) is 6.97. The number of amides is 1. The highest BCUT2D eigenvalue weighted by Crippen LogP contribution is 2.29. The summed E-state index contributed by atoms with van der Waals surface area (Å²) in [5.41, 5.74) is 1.00. The molecule has 1 aromatic carbocycles. The molecule has 1 amide bonds. The minimum absolute atomic E-state index is 0.156. The van der Waals surface area contributed by atoms with Gasteiger partial charge in [-0.2, -0.15) is 5.10 Å². The van der Waals surface area contributed by atoms with E-state index in [0.717, 1.165) is 24.9 Å². The molecule has 2 aromatic rings. The minimum Gasteiger partial charge on any atom is -0.324 e. The van der Waals surface area contributed by atoms with Crippen molar-refractivity contribution in [3.05, 3.63) is 42.2 Å². The van der Waals surface area contributed by atoms with Crippen LogP contribution in [0.2, 0.25) is 0 Å². The Hall–Kier alpha value is -2.39. The van der Waals surface area contributed by atoms with Gasteiger partial charge >= 0.3 is 0 Å². The number of aryl methyl sites for hydroxylation is 1. The van der Waals surface area contributed by atoms with Gasteiger partial charge in [-0.15, -0.1) is 0 Å². The first-order valence-electron chi connectivity index (χ1n) is 8.41. The van der Waals surface area contributed by atoms with Crippen LogP contribution in [0.25, 0.3) is 0 Å². The second-order valence-corrected chi connectivity index (χ2v) is 8.34. The second-order valence-electron chi connectivity index (χ2n) is 6.59. The molecule has 3 N–H and O–H groups in total. The lowest BCUT2D eigenvalue weighted by molar-refractivity contribution is -0.126. The van der Waals surface area contributed by atoms with Crippen LogP contribution in [-0.2, 0) is 20.4 Å². The van der Waals surface area contributed by atoms with Crippen LogP contribution in [0, 0.1) is 6.92 Å². The van der Waals surface area contributed by atoms with Gasteiger partial charge in [-0.1, -0.05) is 6.07 Å². The van der Waals surface area contributed by atoms with Crippen molar-refractivity contribution < 1.29 is 13.2 Å². The van der Waals surface area contributed by atoms with E-state index in [0.29, 0.717) is 24.2 Å². The fourth-order valence-electron chi connectivity index (χ4n) is 3.18. The SMILES string of the molecule is Cc1ccc(NC(=O)C2(n3cccn3)CCNCC2)cc1NS(C)(=O)=O. The molecule has 1 saturated heterocycles. The molecule has 9 heteroatoms. The van der Waals surface area contributed by atoms with Gasteiger partial charge in [0.25, 0.3) is 5.91 Å².